The van der Waals surface area contributed by atoms with Gasteiger partial charge in [-0.2, -0.15) is 18.3 Å². The van der Waals surface area contributed by atoms with E-state index < -0.39 is 11.7 Å². The average molecular weight is 545 g/mol. The molecule has 0 N–H and O–H groups in total. The van der Waals surface area contributed by atoms with E-state index in [2.05, 4.69) is 10.1 Å². The van der Waals surface area contributed by atoms with Gasteiger partial charge in [0.15, 0.2) is 0 Å². The number of nitrogens with zero attached hydrogens (tertiary/aromatic N) is 4. The van der Waals surface area contributed by atoms with Crippen molar-refractivity contribution >= 4 is 51.2 Å². The zero-order chi connectivity index (χ0) is 26.7. The molecule has 37 heavy (non-hydrogen) atoms. The minimum atomic E-state index is -4.46. The Morgan fingerprint density at radius 1 is 1.05 bits per heavy atom. The van der Waals surface area contributed by atoms with Crippen LogP contribution in [0.1, 0.15) is 41.1 Å². The molecule has 4 aromatic rings. The Hall–Kier alpha value is -3.44. The molecule has 0 aliphatic carbocycles. The van der Waals surface area contributed by atoms with Gasteiger partial charge in [0, 0.05) is 17.0 Å². The maximum absolute atomic E-state index is 13.5. The molecule has 192 valence electrons. The molecule has 2 amide bonds. The molecule has 11 heteroatoms. The lowest BCUT2D eigenvalue weighted by Crippen LogP contribution is -2.27. The Morgan fingerprint density at radius 3 is 2.54 bits per heavy atom. The molecule has 0 radical (unpaired) electrons. The molecule has 6 nitrogen and oxygen atoms in total. The molecular weight excluding hydrogens is 521 g/mol. The average Bonchev–Trinajstić information content (AvgIpc) is 3.58. The van der Waals surface area contributed by atoms with Crippen LogP contribution in [0.2, 0.25) is 0 Å². The summed E-state index contributed by atoms with van der Waals surface area (Å²) >= 11 is 2.23. The van der Waals surface area contributed by atoms with Gasteiger partial charge in [-0.25, -0.2) is 4.98 Å². The molecule has 5 rings (SSSR count). The Kier molecular flexibility index (Phi) is 7.84. The fourth-order valence-electron chi connectivity index (χ4n) is 3.83. The van der Waals surface area contributed by atoms with Crippen LogP contribution in [-0.2, 0) is 24.1 Å². The van der Waals surface area contributed by atoms with E-state index in [-0.39, 0.29) is 29.8 Å². The number of carbonyl (C=O) groups is 2. The number of benzene rings is 2. The van der Waals surface area contributed by atoms with Crippen LogP contribution in [0.25, 0.3) is 17.0 Å². The quantitative estimate of drug-likeness (QED) is 0.250. The van der Waals surface area contributed by atoms with E-state index in [1.54, 1.807) is 55.0 Å². The molecule has 0 bridgehead atoms. The van der Waals surface area contributed by atoms with Crippen LogP contribution in [0.5, 0.6) is 0 Å². The first-order valence-electron chi connectivity index (χ1n) is 11.4. The number of imide groups is 1. The van der Waals surface area contributed by atoms with Crippen molar-refractivity contribution in [2.24, 2.45) is 0 Å². The summed E-state index contributed by atoms with van der Waals surface area (Å²) in [6.45, 7) is 5.72. The highest BCUT2D eigenvalue weighted by atomic mass is 32.2. The summed E-state index contributed by atoms with van der Waals surface area (Å²) in [4.78, 5) is 30.6. The molecule has 0 saturated carbocycles. The fourth-order valence-corrected chi connectivity index (χ4v) is 5.27. The van der Waals surface area contributed by atoms with E-state index >= 15 is 0 Å². The monoisotopic (exact) mass is 544 g/mol. The van der Waals surface area contributed by atoms with Crippen LogP contribution in [-0.4, -0.2) is 30.8 Å². The van der Waals surface area contributed by atoms with Crippen LogP contribution < -0.4 is 0 Å². The van der Waals surface area contributed by atoms with Crippen molar-refractivity contribution in [3.8, 4) is 0 Å². The summed E-state index contributed by atoms with van der Waals surface area (Å²) in [6, 6.07) is 9.54. The predicted molar refractivity (Wildman–Crippen MR) is 140 cm³/mol. The smallest absolute Gasteiger partial charge is 0.268 e. The second kappa shape index (κ2) is 10.9. The van der Waals surface area contributed by atoms with E-state index in [0.717, 1.165) is 22.7 Å². The number of thioether (sulfide) groups is 1. The number of aryl methyl sites for hydroxylation is 1. The summed E-state index contributed by atoms with van der Waals surface area (Å²) in [5.74, 6) is -0.384. The Balaban J connectivity index is 0.00000156. The lowest BCUT2D eigenvalue weighted by atomic mass is 10.0. The molecule has 2 aromatic heterocycles. The van der Waals surface area contributed by atoms with Crippen molar-refractivity contribution in [3.63, 3.8) is 0 Å². The first kappa shape index (κ1) is 26.6. The molecule has 0 unspecified atom stereocenters. The number of carbonyl (C=O) groups excluding carboxylic acids is 2. The van der Waals surface area contributed by atoms with Crippen LogP contribution >= 0.6 is 23.1 Å². The van der Waals surface area contributed by atoms with Crippen molar-refractivity contribution in [3.05, 3.63) is 86.3 Å². The van der Waals surface area contributed by atoms with Gasteiger partial charge in [0.25, 0.3) is 11.1 Å². The number of rotatable bonds is 5. The summed E-state index contributed by atoms with van der Waals surface area (Å²) < 4.78 is 42.1. The van der Waals surface area contributed by atoms with Gasteiger partial charge in [0.05, 0.1) is 35.3 Å². The second-order valence-electron chi connectivity index (χ2n) is 7.97. The van der Waals surface area contributed by atoms with Crippen molar-refractivity contribution in [2.45, 2.75) is 40.0 Å². The highest BCUT2D eigenvalue weighted by Gasteiger charge is 2.36. The Morgan fingerprint density at radius 2 is 1.84 bits per heavy atom. The van der Waals surface area contributed by atoms with E-state index in [0.29, 0.717) is 31.9 Å². The lowest BCUT2D eigenvalue weighted by Gasteiger charge is -2.14. The standard InChI is InChI=1S/C24H17F3N4O2S2.C2H6/c1-14-2-4-16(18(8-14)24(25,26)27)12-31-19-5-3-15(9-17(19)11-29-31)10-20-22(32)30(23(33)35-20)13-21-28-6-7-34-21;1-2/h2-11H,12-13H2,1H3;1-2H3/b20-10-;. The van der Waals surface area contributed by atoms with E-state index in [1.165, 1.54) is 22.1 Å². The Bertz CT molecular complexity index is 1480. The Labute approximate surface area is 219 Å². The molecule has 1 aliphatic heterocycles. The molecule has 1 aliphatic rings. The first-order chi connectivity index (χ1) is 17.7. The normalized spacial score (nSPS) is 15.0. The minimum absolute atomic E-state index is 0.0341. The second-order valence-corrected chi connectivity index (χ2v) is 9.94. The first-order valence-corrected chi connectivity index (χ1v) is 13.1. The van der Waals surface area contributed by atoms with Gasteiger partial charge in [-0.15, -0.1) is 11.3 Å². The number of fused-ring (bicyclic) bond motifs is 1. The number of alkyl halides is 3. The number of amides is 2. The molecule has 3 heterocycles. The summed E-state index contributed by atoms with van der Waals surface area (Å²) in [5, 5.41) is 7.08. The molecular formula is C26H23F3N4O2S2. The number of hydrogen-bond donors (Lipinski definition) is 0. The molecule has 0 spiro atoms. The third kappa shape index (κ3) is 5.78. The third-order valence-electron chi connectivity index (χ3n) is 5.50. The number of halogens is 3. The van der Waals surface area contributed by atoms with Crippen LogP contribution in [0.3, 0.4) is 0 Å². The van der Waals surface area contributed by atoms with Crippen molar-refractivity contribution in [1.82, 2.24) is 19.7 Å². The summed E-state index contributed by atoms with van der Waals surface area (Å²) in [7, 11) is 0. The van der Waals surface area contributed by atoms with Gasteiger partial charge in [-0.05, 0) is 54.1 Å². The molecule has 2 aromatic carbocycles. The SMILES string of the molecule is CC.Cc1ccc(Cn2ncc3cc(/C=C4\SC(=O)N(Cc5nccs5)C4=O)ccc32)c(C(F)(F)F)c1. The van der Waals surface area contributed by atoms with Gasteiger partial charge < -0.3 is 0 Å². The predicted octanol–water partition coefficient (Wildman–Crippen LogP) is 7.13. The highest BCUT2D eigenvalue weighted by molar-refractivity contribution is 8.18. The van der Waals surface area contributed by atoms with E-state index in [9.17, 15) is 22.8 Å². The third-order valence-corrected chi connectivity index (χ3v) is 7.18. The van der Waals surface area contributed by atoms with Crippen molar-refractivity contribution in [1.29, 1.82) is 0 Å². The molecule has 1 fully saturated rings. The largest absolute Gasteiger partial charge is 0.416 e. The summed E-state index contributed by atoms with van der Waals surface area (Å²) in [5.41, 5.74) is 1.33. The molecule has 0 atom stereocenters. The van der Waals surface area contributed by atoms with Gasteiger partial charge in [-0.3, -0.25) is 19.2 Å². The van der Waals surface area contributed by atoms with Gasteiger partial charge in [0.2, 0.25) is 0 Å². The van der Waals surface area contributed by atoms with Gasteiger partial charge in [0.1, 0.15) is 5.01 Å². The van der Waals surface area contributed by atoms with E-state index in [4.69, 9.17) is 0 Å². The zero-order valence-corrected chi connectivity index (χ0v) is 21.9. The topological polar surface area (TPSA) is 68.1 Å². The molecule has 1 saturated heterocycles. The zero-order valence-electron chi connectivity index (χ0n) is 20.2. The maximum Gasteiger partial charge on any atom is 0.416 e. The summed E-state index contributed by atoms with van der Waals surface area (Å²) in [6.07, 6.45) is 0.362. The van der Waals surface area contributed by atoms with Crippen LogP contribution in [0, 0.1) is 6.92 Å². The van der Waals surface area contributed by atoms with Gasteiger partial charge in [-0.1, -0.05) is 37.6 Å². The van der Waals surface area contributed by atoms with Gasteiger partial charge >= 0.3 is 6.18 Å². The lowest BCUT2D eigenvalue weighted by molar-refractivity contribution is -0.138. The van der Waals surface area contributed by atoms with Crippen molar-refractivity contribution in [2.75, 3.05) is 0 Å². The van der Waals surface area contributed by atoms with Crippen LogP contribution in [0.15, 0.2) is 59.1 Å². The number of aromatic nitrogens is 3. The number of thiazole rings is 1. The highest BCUT2D eigenvalue weighted by Crippen LogP contribution is 2.35. The minimum Gasteiger partial charge on any atom is -0.268 e. The van der Waals surface area contributed by atoms with Crippen molar-refractivity contribution < 1.29 is 22.8 Å². The van der Waals surface area contributed by atoms with Crippen LogP contribution in [0.4, 0.5) is 18.0 Å². The van der Waals surface area contributed by atoms with E-state index in [1.807, 2.05) is 13.8 Å². The maximum atomic E-state index is 13.5. The number of hydrogen-bond acceptors (Lipinski definition) is 6. The fraction of sp³-hybridized carbons (Fsp3) is 0.231.